The van der Waals surface area contributed by atoms with Crippen molar-refractivity contribution in [3.05, 3.63) is 59.8 Å². The average molecular weight is 313 g/mol. The molecule has 0 saturated carbocycles. The molecular weight excluding hydrogens is 298 g/mol. The maximum Gasteiger partial charge on any atom is 0.255 e. The number of amides is 1. The molecule has 5 nitrogen and oxygen atoms in total. The SMILES string of the molecule is CS(=O)Cc1cccc(C(=O)Nc2ccc3[nH]ncc3c2)c1. The minimum absolute atomic E-state index is 0.188. The van der Waals surface area contributed by atoms with Crippen molar-refractivity contribution in [3.63, 3.8) is 0 Å². The molecule has 0 aliphatic heterocycles. The molecule has 1 unspecified atom stereocenters. The van der Waals surface area contributed by atoms with Gasteiger partial charge in [0.05, 0.1) is 11.7 Å². The standard InChI is InChI=1S/C16H15N3O2S/c1-22(21)10-11-3-2-4-12(7-11)16(20)18-14-5-6-15-13(8-14)9-17-19-15/h2-9H,10H2,1H3,(H,17,19)(H,18,20). The first-order valence-corrected chi connectivity index (χ1v) is 8.48. The highest BCUT2D eigenvalue weighted by molar-refractivity contribution is 7.83. The molecule has 112 valence electrons. The van der Waals surface area contributed by atoms with E-state index in [1.807, 2.05) is 24.3 Å². The molecule has 0 aliphatic carbocycles. The van der Waals surface area contributed by atoms with Crippen LogP contribution >= 0.6 is 0 Å². The number of benzene rings is 2. The predicted octanol–water partition coefficient (Wildman–Crippen LogP) is 2.69. The van der Waals surface area contributed by atoms with Gasteiger partial charge in [-0.3, -0.25) is 14.1 Å². The van der Waals surface area contributed by atoms with Gasteiger partial charge in [0.15, 0.2) is 0 Å². The number of aromatic nitrogens is 2. The molecule has 3 rings (SSSR count). The van der Waals surface area contributed by atoms with Crippen molar-refractivity contribution in [2.75, 3.05) is 11.6 Å². The summed E-state index contributed by atoms with van der Waals surface area (Å²) in [6, 6.07) is 12.7. The van der Waals surface area contributed by atoms with Gasteiger partial charge in [0, 0.05) is 39.4 Å². The van der Waals surface area contributed by atoms with Gasteiger partial charge in [-0.05, 0) is 35.9 Å². The van der Waals surface area contributed by atoms with Crippen LogP contribution in [0.4, 0.5) is 5.69 Å². The van der Waals surface area contributed by atoms with Crippen molar-refractivity contribution in [1.82, 2.24) is 10.2 Å². The normalized spacial score (nSPS) is 12.2. The van der Waals surface area contributed by atoms with Crippen LogP contribution in [-0.2, 0) is 16.6 Å². The summed E-state index contributed by atoms with van der Waals surface area (Å²) in [4.78, 5) is 12.3. The molecular formula is C16H15N3O2S. The fourth-order valence-corrected chi connectivity index (χ4v) is 2.91. The second-order valence-corrected chi connectivity index (χ2v) is 6.48. The highest BCUT2D eigenvalue weighted by Crippen LogP contribution is 2.18. The predicted molar refractivity (Wildman–Crippen MR) is 88.3 cm³/mol. The average Bonchev–Trinajstić information content (AvgIpc) is 2.94. The van der Waals surface area contributed by atoms with Crippen LogP contribution in [-0.4, -0.2) is 26.6 Å². The van der Waals surface area contributed by atoms with E-state index in [2.05, 4.69) is 15.5 Å². The smallest absolute Gasteiger partial charge is 0.255 e. The molecule has 0 fully saturated rings. The van der Waals surface area contributed by atoms with Gasteiger partial charge in [0.2, 0.25) is 0 Å². The van der Waals surface area contributed by atoms with Crippen molar-refractivity contribution < 1.29 is 9.00 Å². The molecule has 2 aromatic carbocycles. The zero-order valence-electron chi connectivity index (χ0n) is 12.0. The molecule has 6 heteroatoms. The van der Waals surface area contributed by atoms with Gasteiger partial charge < -0.3 is 5.32 Å². The van der Waals surface area contributed by atoms with Gasteiger partial charge in [0.1, 0.15) is 0 Å². The minimum atomic E-state index is -0.929. The van der Waals surface area contributed by atoms with E-state index in [9.17, 15) is 9.00 Å². The van der Waals surface area contributed by atoms with Crippen molar-refractivity contribution >= 4 is 33.3 Å². The highest BCUT2D eigenvalue weighted by Gasteiger charge is 2.08. The third-order valence-corrected chi connectivity index (χ3v) is 4.00. The summed E-state index contributed by atoms with van der Waals surface area (Å²) in [5, 5.41) is 10.6. The molecule has 0 spiro atoms. The van der Waals surface area contributed by atoms with Gasteiger partial charge >= 0.3 is 0 Å². The van der Waals surface area contributed by atoms with Crippen LogP contribution in [0.15, 0.2) is 48.7 Å². The van der Waals surface area contributed by atoms with E-state index in [0.29, 0.717) is 17.0 Å². The lowest BCUT2D eigenvalue weighted by Gasteiger charge is -2.07. The van der Waals surface area contributed by atoms with Gasteiger partial charge in [-0.15, -0.1) is 0 Å². The van der Waals surface area contributed by atoms with Crippen LogP contribution in [0, 0.1) is 0 Å². The minimum Gasteiger partial charge on any atom is -0.322 e. The van der Waals surface area contributed by atoms with E-state index >= 15 is 0 Å². The second-order valence-electron chi connectivity index (χ2n) is 5.04. The highest BCUT2D eigenvalue weighted by atomic mass is 32.2. The second kappa shape index (κ2) is 6.11. The van der Waals surface area contributed by atoms with Gasteiger partial charge in [-0.25, -0.2) is 0 Å². The summed E-state index contributed by atoms with van der Waals surface area (Å²) in [6.07, 6.45) is 3.36. The van der Waals surface area contributed by atoms with E-state index in [0.717, 1.165) is 16.5 Å². The molecule has 0 aliphatic rings. The fourth-order valence-electron chi connectivity index (χ4n) is 2.26. The van der Waals surface area contributed by atoms with Gasteiger partial charge in [-0.2, -0.15) is 5.10 Å². The van der Waals surface area contributed by atoms with Crippen molar-refractivity contribution in [1.29, 1.82) is 0 Å². The Hall–Kier alpha value is -2.47. The third-order valence-electron chi connectivity index (χ3n) is 3.26. The van der Waals surface area contributed by atoms with Crippen LogP contribution in [0.3, 0.4) is 0 Å². The number of carbonyl (C=O) groups is 1. The van der Waals surface area contributed by atoms with Gasteiger partial charge in [-0.1, -0.05) is 12.1 Å². The summed E-state index contributed by atoms with van der Waals surface area (Å²) < 4.78 is 11.3. The van der Waals surface area contributed by atoms with E-state index < -0.39 is 10.8 Å². The number of aromatic amines is 1. The summed E-state index contributed by atoms with van der Waals surface area (Å²) in [6.45, 7) is 0. The zero-order chi connectivity index (χ0) is 15.5. The number of nitrogens with one attached hydrogen (secondary N) is 2. The lowest BCUT2D eigenvalue weighted by molar-refractivity contribution is 0.102. The number of hydrogen-bond acceptors (Lipinski definition) is 3. The first-order chi connectivity index (χ1) is 10.6. The first-order valence-electron chi connectivity index (χ1n) is 6.75. The molecule has 22 heavy (non-hydrogen) atoms. The van der Waals surface area contributed by atoms with Crippen LogP contribution in [0.25, 0.3) is 10.9 Å². The quantitative estimate of drug-likeness (QED) is 0.777. The van der Waals surface area contributed by atoms with Crippen LogP contribution < -0.4 is 5.32 Å². The summed E-state index contributed by atoms with van der Waals surface area (Å²) >= 11 is 0. The Morgan fingerprint density at radius 2 is 2.14 bits per heavy atom. The van der Waals surface area contributed by atoms with Crippen molar-refractivity contribution in [3.8, 4) is 0 Å². The number of fused-ring (bicyclic) bond motifs is 1. The Morgan fingerprint density at radius 3 is 2.95 bits per heavy atom. The Labute approximate surface area is 130 Å². The molecule has 1 atom stereocenters. The van der Waals surface area contributed by atoms with E-state index in [4.69, 9.17) is 0 Å². The third kappa shape index (κ3) is 3.23. The molecule has 1 aromatic heterocycles. The molecule has 3 aromatic rings. The number of H-pyrrole nitrogens is 1. The Kier molecular flexibility index (Phi) is 4.02. The van der Waals surface area contributed by atoms with E-state index in [1.54, 1.807) is 30.7 Å². The maximum absolute atomic E-state index is 12.3. The lowest BCUT2D eigenvalue weighted by Crippen LogP contribution is -2.12. The topological polar surface area (TPSA) is 74.8 Å². The molecule has 1 amide bonds. The van der Waals surface area contributed by atoms with Crippen LogP contribution in [0.5, 0.6) is 0 Å². The number of nitrogens with zero attached hydrogens (tertiary/aromatic N) is 1. The molecule has 0 saturated heterocycles. The lowest BCUT2D eigenvalue weighted by atomic mass is 10.1. The summed E-state index contributed by atoms with van der Waals surface area (Å²) in [5.74, 6) is 0.258. The number of rotatable bonds is 4. The van der Waals surface area contributed by atoms with Crippen molar-refractivity contribution in [2.24, 2.45) is 0 Å². The Balaban J connectivity index is 1.80. The Bertz CT molecular complexity index is 857. The summed E-state index contributed by atoms with van der Waals surface area (Å²) in [7, 11) is -0.929. The van der Waals surface area contributed by atoms with Gasteiger partial charge in [0.25, 0.3) is 5.91 Å². The Morgan fingerprint density at radius 1 is 1.27 bits per heavy atom. The van der Waals surface area contributed by atoms with E-state index in [-0.39, 0.29) is 5.91 Å². The first kappa shape index (κ1) is 14.5. The number of carbonyl (C=O) groups excluding carboxylic acids is 1. The van der Waals surface area contributed by atoms with Crippen molar-refractivity contribution in [2.45, 2.75) is 5.75 Å². The molecule has 0 bridgehead atoms. The number of anilines is 1. The zero-order valence-corrected chi connectivity index (χ0v) is 12.8. The number of hydrogen-bond donors (Lipinski definition) is 2. The molecule has 2 N–H and O–H groups in total. The molecule has 1 heterocycles. The van der Waals surface area contributed by atoms with E-state index in [1.165, 1.54) is 0 Å². The largest absolute Gasteiger partial charge is 0.322 e. The van der Waals surface area contributed by atoms with Crippen LogP contribution in [0.2, 0.25) is 0 Å². The molecule has 0 radical (unpaired) electrons. The maximum atomic E-state index is 12.3. The monoisotopic (exact) mass is 313 g/mol. The van der Waals surface area contributed by atoms with Crippen LogP contribution in [0.1, 0.15) is 15.9 Å². The fraction of sp³-hybridized carbons (Fsp3) is 0.125. The summed E-state index contributed by atoms with van der Waals surface area (Å²) in [5.41, 5.74) is 3.07.